The second-order valence-electron chi connectivity index (χ2n) is 6.45. The molecule has 3 aromatic heterocycles. The Labute approximate surface area is 151 Å². The summed E-state index contributed by atoms with van der Waals surface area (Å²) in [4.78, 5) is 4.09. The minimum atomic E-state index is 0.486. The van der Waals surface area contributed by atoms with Gasteiger partial charge in [0.05, 0.1) is 12.6 Å². The van der Waals surface area contributed by atoms with Crippen molar-refractivity contribution in [2.24, 2.45) is 0 Å². The number of hydrogen-bond acceptors (Lipinski definition) is 5. The molecular formula is C18H23N5OS. The van der Waals surface area contributed by atoms with E-state index in [1.54, 1.807) is 18.0 Å². The monoisotopic (exact) mass is 357 g/mol. The summed E-state index contributed by atoms with van der Waals surface area (Å²) in [5.74, 6) is 2.69. The molecule has 3 aromatic rings. The predicted molar refractivity (Wildman–Crippen MR) is 97.4 cm³/mol. The molecule has 0 radical (unpaired) electrons. The van der Waals surface area contributed by atoms with E-state index in [4.69, 9.17) is 4.42 Å². The van der Waals surface area contributed by atoms with Gasteiger partial charge in [0, 0.05) is 30.7 Å². The van der Waals surface area contributed by atoms with Gasteiger partial charge in [0.25, 0.3) is 0 Å². The first-order valence-electron chi connectivity index (χ1n) is 8.99. The highest BCUT2D eigenvalue weighted by Gasteiger charge is 2.24. The molecule has 0 spiro atoms. The van der Waals surface area contributed by atoms with Crippen molar-refractivity contribution in [2.45, 2.75) is 56.3 Å². The Morgan fingerprint density at radius 1 is 1.20 bits per heavy atom. The third-order valence-electron chi connectivity index (χ3n) is 4.70. The quantitative estimate of drug-likeness (QED) is 0.463. The SMILES string of the molecule is c1coc(-c2nnc(SCCCn3ccnc3)n2C2CCCCC2)c1. The number of hydrogen-bond donors (Lipinski definition) is 0. The number of aryl methyl sites for hydroxylation is 1. The Bertz CT molecular complexity index is 760. The number of furan rings is 1. The van der Waals surface area contributed by atoms with E-state index >= 15 is 0 Å². The summed E-state index contributed by atoms with van der Waals surface area (Å²) in [6.45, 7) is 0.982. The van der Waals surface area contributed by atoms with Gasteiger partial charge in [-0.05, 0) is 31.4 Å². The van der Waals surface area contributed by atoms with Gasteiger partial charge in [-0.1, -0.05) is 31.0 Å². The summed E-state index contributed by atoms with van der Waals surface area (Å²) in [7, 11) is 0. The van der Waals surface area contributed by atoms with E-state index in [2.05, 4.69) is 24.3 Å². The highest BCUT2D eigenvalue weighted by atomic mass is 32.2. The molecule has 6 nitrogen and oxygen atoms in total. The van der Waals surface area contributed by atoms with Crippen LogP contribution in [0.5, 0.6) is 0 Å². The van der Waals surface area contributed by atoms with Crippen LogP contribution >= 0.6 is 11.8 Å². The number of aromatic nitrogens is 5. The molecule has 0 saturated heterocycles. The minimum absolute atomic E-state index is 0.486. The van der Waals surface area contributed by atoms with Gasteiger partial charge in [-0.3, -0.25) is 4.57 Å². The maximum Gasteiger partial charge on any atom is 0.200 e. The Balaban J connectivity index is 1.48. The summed E-state index contributed by atoms with van der Waals surface area (Å²) in [5, 5.41) is 9.94. The highest BCUT2D eigenvalue weighted by molar-refractivity contribution is 7.99. The van der Waals surface area contributed by atoms with Crippen LogP contribution in [0.2, 0.25) is 0 Å². The molecule has 1 saturated carbocycles. The van der Waals surface area contributed by atoms with Crippen LogP contribution in [-0.2, 0) is 6.54 Å². The van der Waals surface area contributed by atoms with E-state index in [1.165, 1.54) is 32.1 Å². The fourth-order valence-corrected chi connectivity index (χ4v) is 4.38. The first kappa shape index (κ1) is 16.4. The van der Waals surface area contributed by atoms with E-state index in [0.717, 1.165) is 35.5 Å². The van der Waals surface area contributed by atoms with Crippen LogP contribution in [0.3, 0.4) is 0 Å². The molecule has 1 aliphatic carbocycles. The Morgan fingerprint density at radius 3 is 2.88 bits per heavy atom. The van der Waals surface area contributed by atoms with Crippen molar-refractivity contribution in [2.75, 3.05) is 5.75 Å². The fourth-order valence-electron chi connectivity index (χ4n) is 3.45. The van der Waals surface area contributed by atoms with Crippen LogP contribution in [0, 0.1) is 0 Å². The zero-order valence-electron chi connectivity index (χ0n) is 14.3. The first-order valence-corrected chi connectivity index (χ1v) is 9.98. The van der Waals surface area contributed by atoms with E-state index in [9.17, 15) is 0 Å². The normalized spacial score (nSPS) is 15.7. The van der Waals surface area contributed by atoms with Gasteiger partial charge in [0.15, 0.2) is 10.9 Å². The Hall–Kier alpha value is -2.02. The summed E-state index contributed by atoms with van der Waals surface area (Å²) in [5.41, 5.74) is 0. The van der Waals surface area contributed by atoms with Crippen molar-refractivity contribution in [1.82, 2.24) is 24.3 Å². The van der Waals surface area contributed by atoms with Gasteiger partial charge < -0.3 is 8.98 Å². The van der Waals surface area contributed by atoms with E-state index < -0.39 is 0 Å². The largest absolute Gasteiger partial charge is 0.461 e. The number of nitrogens with zero attached hydrogens (tertiary/aromatic N) is 5. The van der Waals surface area contributed by atoms with Gasteiger partial charge in [-0.25, -0.2) is 4.98 Å². The number of rotatable bonds is 7. The van der Waals surface area contributed by atoms with Crippen LogP contribution in [-0.4, -0.2) is 30.1 Å². The molecule has 0 unspecified atom stereocenters. The van der Waals surface area contributed by atoms with Crippen molar-refractivity contribution in [3.8, 4) is 11.6 Å². The van der Waals surface area contributed by atoms with Crippen LogP contribution in [0.4, 0.5) is 0 Å². The Morgan fingerprint density at radius 2 is 2.12 bits per heavy atom. The molecule has 0 N–H and O–H groups in total. The second-order valence-corrected chi connectivity index (χ2v) is 7.51. The molecule has 0 aliphatic heterocycles. The smallest absolute Gasteiger partial charge is 0.200 e. The molecule has 1 aliphatic rings. The lowest BCUT2D eigenvalue weighted by atomic mass is 9.95. The number of imidazole rings is 1. The van der Waals surface area contributed by atoms with Crippen molar-refractivity contribution in [1.29, 1.82) is 0 Å². The van der Waals surface area contributed by atoms with Crippen molar-refractivity contribution in [3.63, 3.8) is 0 Å². The average Bonchev–Trinajstić information content (AvgIpc) is 3.40. The fraction of sp³-hybridized carbons (Fsp3) is 0.500. The molecule has 1 fully saturated rings. The Kier molecular flexibility index (Phi) is 5.20. The topological polar surface area (TPSA) is 61.7 Å². The molecule has 0 atom stereocenters. The summed E-state index contributed by atoms with van der Waals surface area (Å²) >= 11 is 1.79. The molecule has 132 valence electrons. The number of thioether (sulfide) groups is 1. The molecule has 0 amide bonds. The summed E-state index contributed by atoms with van der Waals surface area (Å²) in [6.07, 6.45) is 14.8. The molecular weight excluding hydrogens is 334 g/mol. The van der Waals surface area contributed by atoms with Crippen LogP contribution in [0.25, 0.3) is 11.6 Å². The van der Waals surface area contributed by atoms with E-state index in [0.29, 0.717) is 6.04 Å². The van der Waals surface area contributed by atoms with Crippen molar-refractivity contribution in [3.05, 3.63) is 37.1 Å². The zero-order chi connectivity index (χ0) is 16.9. The predicted octanol–water partition coefficient (Wildman–Crippen LogP) is 4.42. The first-order chi connectivity index (χ1) is 12.4. The molecule has 3 heterocycles. The van der Waals surface area contributed by atoms with Gasteiger partial charge in [-0.2, -0.15) is 0 Å². The maximum absolute atomic E-state index is 5.60. The van der Waals surface area contributed by atoms with E-state index in [-0.39, 0.29) is 0 Å². The van der Waals surface area contributed by atoms with Gasteiger partial charge in [0.1, 0.15) is 0 Å². The highest BCUT2D eigenvalue weighted by Crippen LogP contribution is 2.35. The summed E-state index contributed by atoms with van der Waals surface area (Å²) < 4.78 is 10.0. The van der Waals surface area contributed by atoms with Crippen molar-refractivity contribution < 1.29 is 4.42 Å². The third kappa shape index (κ3) is 3.81. The molecule has 25 heavy (non-hydrogen) atoms. The standard InChI is InChI=1S/C18H23N5OS/c1-2-6-15(7-3-1)23-17(16-8-4-12-24-16)20-21-18(23)25-13-5-10-22-11-9-19-14-22/h4,8-9,11-12,14-15H,1-3,5-7,10,13H2. The second kappa shape index (κ2) is 7.91. The third-order valence-corrected chi connectivity index (χ3v) is 5.73. The molecule has 4 rings (SSSR count). The lowest BCUT2D eigenvalue weighted by Gasteiger charge is -2.25. The van der Waals surface area contributed by atoms with Gasteiger partial charge >= 0.3 is 0 Å². The molecule has 0 bridgehead atoms. The maximum atomic E-state index is 5.60. The van der Waals surface area contributed by atoms with E-state index in [1.807, 2.05) is 30.9 Å². The lowest BCUT2D eigenvalue weighted by Crippen LogP contribution is -2.15. The van der Waals surface area contributed by atoms with Gasteiger partial charge in [-0.15, -0.1) is 10.2 Å². The average molecular weight is 357 g/mol. The molecule has 0 aromatic carbocycles. The zero-order valence-corrected chi connectivity index (χ0v) is 15.1. The summed E-state index contributed by atoms with van der Waals surface area (Å²) in [6, 6.07) is 4.37. The van der Waals surface area contributed by atoms with Crippen molar-refractivity contribution >= 4 is 11.8 Å². The van der Waals surface area contributed by atoms with Crippen LogP contribution < -0.4 is 0 Å². The molecule has 7 heteroatoms. The van der Waals surface area contributed by atoms with Crippen LogP contribution in [0.1, 0.15) is 44.6 Å². The lowest BCUT2D eigenvalue weighted by molar-refractivity contribution is 0.337. The minimum Gasteiger partial charge on any atom is -0.461 e. The van der Waals surface area contributed by atoms with Gasteiger partial charge in [0.2, 0.25) is 5.82 Å². The van der Waals surface area contributed by atoms with Crippen LogP contribution in [0.15, 0.2) is 46.7 Å².